The number of anilines is 1. The molecule has 0 aliphatic carbocycles. The lowest BCUT2D eigenvalue weighted by atomic mass is 10.0. The summed E-state index contributed by atoms with van der Waals surface area (Å²) in [5.74, 6) is 1.47. The minimum Gasteiger partial charge on any atom is -0.497 e. The van der Waals surface area contributed by atoms with Gasteiger partial charge in [0, 0.05) is 5.69 Å². The van der Waals surface area contributed by atoms with Gasteiger partial charge in [-0.1, -0.05) is 30.7 Å². The predicted molar refractivity (Wildman–Crippen MR) is 103 cm³/mol. The number of halogens is 1. The topological polar surface area (TPSA) is 42.5 Å². The number of ether oxygens (including phenoxy) is 2. The molecular weight excluding hydrogens is 344 g/mol. The summed E-state index contributed by atoms with van der Waals surface area (Å²) in [6, 6.07) is 13.5. The molecule has 2 aromatic rings. The highest BCUT2D eigenvalue weighted by Crippen LogP contribution is 2.27. The van der Waals surface area contributed by atoms with E-state index in [-0.39, 0.29) is 6.04 Å². The zero-order chi connectivity index (χ0) is 17.5. The molecule has 2 aromatic carbocycles. The van der Waals surface area contributed by atoms with Crippen LogP contribution in [0.3, 0.4) is 0 Å². The van der Waals surface area contributed by atoms with Crippen molar-refractivity contribution in [2.45, 2.75) is 19.4 Å². The maximum Gasteiger partial charge on any atom is 0.171 e. The van der Waals surface area contributed by atoms with Gasteiger partial charge in [0.25, 0.3) is 0 Å². The lowest BCUT2D eigenvalue weighted by Gasteiger charge is -2.20. The van der Waals surface area contributed by atoms with Crippen molar-refractivity contribution in [3.05, 3.63) is 53.1 Å². The molecule has 2 rings (SSSR count). The standard InChI is InChI=1S/C18H21ClN2O2S/c1-4-16(12-5-8-14(22-2)9-6-12)21-18(24)20-13-7-10-17(23-3)15(19)11-13/h5-11,16H,4H2,1-3H3,(H2,20,21,24). The average molecular weight is 365 g/mol. The minimum atomic E-state index is 0.115. The molecule has 0 aliphatic rings. The highest BCUT2D eigenvalue weighted by Gasteiger charge is 2.11. The number of thiocarbonyl (C=S) groups is 1. The molecule has 2 N–H and O–H groups in total. The second-order valence-electron chi connectivity index (χ2n) is 5.18. The van der Waals surface area contributed by atoms with Gasteiger partial charge in [0.15, 0.2) is 5.11 Å². The number of benzene rings is 2. The first-order valence-corrected chi connectivity index (χ1v) is 8.41. The van der Waals surface area contributed by atoms with Gasteiger partial charge in [-0.3, -0.25) is 0 Å². The number of hydrogen-bond acceptors (Lipinski definition) is 3. The molecule has 0 saturated heterocycles. The third kappa shape index (κ3) is 4.76. The van der Waals surface area contributed by atoms with Crippen LogP contribution in [-0.2, 0) is 0 Å². The number of nitrogens with one attached hydrogen (secondary N) is 2. The SMILES string of the molecule is CCC(NC(=S)Nc1ccc(OC)c(Cl)c1)c1ccc(OC)cc1. The highest BCUT2D eigenvalue weighted by atomic mass is 35.5. The molecule has 0 aromatic heterocycles. The van der Waals surface area contributed by atoms with Crippen LogP contribution in [0.25, 0.3) is 0 Å². The summed E-state index contributed by atoms with van der Waals surface area (Å²) in [5, 5.41) is 7.54. The second kappa shape index (κ2) is 8.76. The Morgan fingerprint density at radius 3 is 2.38 bits per heavy atom. The van der Waals surface area contributed by atoms with Gasteiger partial charge in [-0.05, 0) is 54.5 Å². The first kappa shape index (κ1) is 18.4. The van der Waals surface area contributed by atoms with Gasteiger partial charge in [-0.15, -0.1) is 0 Å². The maximum absolute atomic E-state index is 6.13. The van der Waals surface area contributed by atoms with Crippen molar-refractivity contribution in [3.63, 3.8) is 0 Å². The summed E-state index contributed by atoms with van der Waals surface area (Å²) >= 11 is 11.5. The fourth-order valence-corrected chi connectivity index (χ4v) is 2.84. The molecule has 1 unspecified atom stereocenters. The zero-order valence-corrected chi connectivity index (χ0v) is 15.5. The van der Waals surface area contributed by atoms with Crippen molar-refractivity contribution in [1.29, 1.82) is 0 Å². The Kier molecular flexibility index (Phi) is 6.70. The van der Waals surface area contributed by atoms with Crippen molar-refractivity contribution in [2.75, 3.05) is 19.5 Å². The van der Waals surface area contributed by atoms with Gasteiger partial charge in [-0.25, -0.2) is 0 Å². The normalized spacial score (nSPS) is 11.5. The first-order chi connectivity index (χ1) is 11.6. The lowest BCUT2D eigenvalue weighted by Crippen LogP contribution is -2.32. The molecular formula is C18H21ClN2O2S. The predicted octanol–water partition coefficient (Wildman–Crippen LogP) is 4.79. The van der Waals surface area contributed by atoms with E-state index in [1.54, 1.807) is 26.4 Å². The van der Waals surface area contributed by atoms with E-state index in [2.05, 4.69) is 17.6 Å². The van der Waals surface area contributed by atoms with Crippen molar-refractivity contribution in [3.8, 4) is 11.5 Å². The van der Waals surface area contributed by atoms with Gasteiger partial charge in [0.05, 0.1) is 25.3 Å². The Balaban J connectivity index is 2.02. The molecule has 128 valence electrons. The summed E-state index contributed by atoms with van der Waals surface area (Å²) in [6.07, 6.45) is 0.900. The molecule has 24 heavy (non-hydrogen) atoms. The van der Waals surface area contributed by atoms with Crippen LogP contribution < -0.4 is 20.1 Å². The summed E-state index contributed by atoms with van der Waals surface area (Å²) in [4.78, 5) is 0. The molecule has 1 atom stereocenters. The van der Waals surface area contributed by atoms with Gasteiger partial charge in [0.2, 0.25) is 0 Å². The molecule has 4 nitrogen and oxygen atoms in total. The monoisotopic (exact) mass is 364 g/mol. The fraction of sp³-hybridized carbons (Fsp3) is 0.278. The van der Waals surface area contributed by atoms with Crippen LogP contribution in [0.5, 0.6) is 11.5 Å². The van der Waals surface area contributed by atoms with E-state index in [4.69, 9.17) is 33.3 Å². The van der Waals surface area contributed by atoms with E-state index in [0.29, 0.717) is 15.9 Å². The summed E-state index contributed by atoms with van der Waals surface area (Å²) in [6.45, 7) is 2.11. The highest BCUT2D eigenvalue weighted by molar-refractivity contribution is 7.80. The van der Waals surface area contributed by atoms with Gasteiger partial charge < -0.3 is 20.1 Å². The molecule has 0 amide bonds. The minimum absolute atomic E-state index is 0.115. The number of rotatable bonds is 6. The summed E-state index contributed by atoms with van der Waals surface area (Å²) in [5.41, 5.74) is 1.96. The van der Waals surface area contributed by atoms with E-state index < -0.39 is 0 Å². The molecule has 0 fully saturated rings. The molecule has 0 aliphatic heterocycles. The maximum atomic E-state index is 6.13. The first-order valence-electron chi connectivity index (χ1n) is 7.62. The van der Waals surface area contributed by atoms with Crippen LogP contribution in [0.2, 0.25) is 5.02 Å². The van der Waals surface area contributed by atoms with Crippen molar-refractivity contribution in [2.24, 2.45) is 0 Å². The number of methoxy groups -OCH3 is 2. The summed E-state index contributed by atoms with van der Waals surface area (Å²) < 4.78 is 10.3. The lowest BCUT2D eigenvalue weighted by molar-refractivity contribution is 0.414. The third-order valence-corrected chi connectivity index (χ3v) is 4.16. The Morgan fingerprint density at radius 1 is 1.12 bits per heavy atom. The zero-order valence-electron chi connectivity index (χ0n) is 13.9. The van der Waals surface area contributed by atoms with Crippen LogP contribution in [0.1, 0.15) is 24.9 Å². The van der Waals surface area contributed by atoms with E-state index >= 15 is 0 Å². The van der Waals surface area contributed by atoms with Crippen LogP contribution >= 0.6 is 23.8 Å². The summed E-state index contributed by atoms with van der Waals surface area (Å²) in [7, 11) is 3.24. The van der Waals surface area contributed by atoms with Crippen molar-refractivity contribution >= 4 is 34.6 Å². The van der Waals surface area contributed by atoms with Crippen molar-refractivity contribution in [1.82, 2.24) is 5.32 Å². The Labute approximate surface area is 153 Å². The second-order valence-corrected chi connectivity index (χ2v) is 6.00. The van der Waals surface area contributed by atoms with Crippen LogP contribution in [0, 0.1) is 0 Å². The Bertz CT molecular complexity index is 692. The molecule has 0 bridgehead atoms. The van der Waals surface area contributed by atoms with Gasteiger partial charge in [-0.2, -0.15) is 0 Å². The third-order valence-electron chi connectivity index (χ3n) is 3.64. The van der Waals surface area contributed by atoms with E-state index in [1.165, 1.54) is 0 Å². The van der Waals surface area contributed by atoms with E-state index in [9.17, 15) is 0 Å². The quantitative estimate of drug-likeness (QED) is 0.721. The Morgan fingerprint density at radius 2 is 1.83 bits per heavy atom. The molecule has 0 saturated carbocycles. The van der Waals surface area contributed by atoms with Crippen LogP contribution in [0.4, 0.5) is 5.69 Å². The van der Waals surface area contributed by atoms with Gasteiger partial charge >= 0.3 is 0 Å². The average Bonchev–Trinajstić information content (AvgIpc) is 2.60. The molecule has 0 heterocycles. The Hall–Kier alpha value is -1.98. The smallest absolute Gasteiger partial charge is 0.171 e. The van der Waals surface area contributed by atoms with Gasteiger partial charge in [0.1, 0.15) is 11.5 Å². The largest absolute Gasteiger partial charge is 0.497 e. The van der Waals surface area contributed by atoms with E-state index in [1.807, 2.05) is 30.3 Å². The van der Waals surface area contributed by atoms with Crippen LogP contribution in [-0.4, -0.2) is 19.3 Å². The van der Waals surface area contributed by atoms with Crippen molar-refractivity contribution < 1.29 is 9.47 Å². The molecule has 6 heteroatoms. The fourth-order valence-electron chi connectivity index (χ4n) is 2.33. The van der Waals surface area contributed by atoms with E-state index in [0.717, 1.165) is 23.4 Å². The molecule has 0 spiro atoms. The molecule has 0 radical (unpaired) electrons. The number of hydrogen-bond donors (Lipinski definition) is 2. The van der Waals surface area contributed by atoms with Crippen LogP contribution in [0.15, 0.2) is 42.5 Å².